The van der Waals surface area contributed by atoms with Gasteiger partial charge in [0.2, 0.25) is 0 Å². The first kappa shape index (κ1) is 22.4. The molecule has 0 atom stereocenters. The lowest BCUT2D eigenvalue weighted by molar-refractivity contribution is -0.137. The van der Waals surface area contributed by atoms with Crippen molar-refractivity contribution >= 4 is 11.5 Å². The summed E-state index contributed by atoms with van der Waals surface area (Å²) < 4.78 is 45.1. The molecule has 1 fully saturated rings. The maximum atomic E-state index is 13.1. The van der Waals surface area contributed by atoms with Gasteiger partial charge in [0.25, 0.3) is 5.91 Å². The molecule has 0 unspecified atom stereocenters. The number of benzene rings is 2. The van der Waals surface area contributed by atoms with E-state index in [2.05, 4.69) is 11.9 Å². The zero-order valence-electron chi connectivity index (χ0n) is 17.1. The van der Waals surface area contributed by atoms with E-state index in [4.69, 9.17) is 10.00 Å². The first-order chi connectivity index (χ1) is 14.7. The van der Waals surface area contributed by atoms with E-state index in [0.717, 1.165) is 23.3 Å². The summed E-state index contributed by atoms with van der Waals surface area (Å²) in [5.74, 6) is -0.0593. The highest BCUT2D eigenvalue weighted by Gasteiger charge is 2.34. The van der Waals surface area contributed by atoms with Crippen LogP contribution in [-0.2, 0) is 6.18 Å². The smallest absolute Gasteiger partial charge is 0.417 e. The van der Waals surface area contributed by atoms with Gasteiger partial charge in [0.05, 0.1) is 23.3 Å². The summed E-state index contributed by atoms with van der Waals surface area (Å²) in [6.45, 7) is 5.77. The Bertz CT molecular complexity index is 999. The molecule has 0 radical (unpaired) electrons. The van der Waals surface area contributed by atoms with Crippen LogP contribution >= 0.6 is 0 Å². The van der Waals surface area contributed by atoms with Crippen LogP contribution in [0.25, 0.3) is 5.57 Å². The molecule has 1 aliphatic carbocycles. The van der Waals surface area contributed by atoms with Crippen LogP contribution in [0.15, 0.2) is 49.0 Å². The summed E-state index contributed by atoms with van der Waals surface area (Å²) >= 11 is 0. The minimum Gasteiger partial charge on any atom is -0.490 e. The number of allylic oxidation sites excluding steroid dienone is 1. The number of nitriles is 1. The topological polar surface area (TPSA) is 62.1 Å². The Balaban J connectivity index is 1.55. The lowest BCUT2D eigenvalue weighted by Gasteiger charge is -2.29. The van der Waals surface area contributed by atoms with Crippen LogP contribution in [0.2, 0.25) is 0 Å². The fourth-order valence-electron chi connectivity index (χ4n) is 3.62. The third-order valence-electron chi connectivity index (χ3n) is 5.37. The van der Waals surface area contributed by atoms with E-state index >= 15 is 0 Å². The molecule has 0 aromatic heterocycles. The van der Waals surface area contributed by atoms with E-state index in [9.17, 15) is 18.0 Å². The molecule has 4 nitrogen and oxygen atoms in total. The van der Waals surface area contributed by atoms with E-state index < -0.39 is 17.3 Å². The standard InChI is InChI=1S/C24H23F3N2O2/c1-15(2)16-3-5-17(6-4-16)23(30)29-19-8-11-20(12-9-19)31-21-10-7-18(14-28)22(13-21)24(25,26)27/h3-7,10,13,19-20H,1,8-9,11-12H2,2H3,(H,29,30). The summed E-state index contributed by atoms with van der Waals surface area (Å²) in [5.41, 5.74) is 1.05. The van der Waals surface area contributed by atoms with Gasteiger partial charge in [0, 0.05) is 11.6 Å². The predicted octanol–water partition coefficient (Wildman–Crippen LogP) is 5.73. The van der Waals surface area contributed by atoms with Crippen molar-refractivity contribution in [2.45, 2.75) is 50.9 Å². The largest absolute Gasteiger partial charge is 0.490 e. The van der Waals surface area contributed by atoms with Gasteiger partial charge in [-0.3, -0.25) is 4.79 Å². The van der Waals surface area contributed by atoms with Gasteiger partial charge >= 0.3 is 6.18 Å². The van der Waals surface area contributed by atoms with E-state index in [0.29, 0.717) is 31.2 Å². The van der Waals surface area contributed by atoms with E-state index in [1.165, 1.54) is 6.07 Å². The molecule has 0 heterocycles. The minimum atomic E-state index is -4.62. The van der Waals surface area contributed by atoms with Gasteiger partial charge in [0.15, 0.2) is 0 Å². The average Bonchev–Trinajstić information content (AvgIpc) is 2.74. The molecule has 1 saturated carbocycles. The van der Waals surface area contributed by atoms with Crippen LogP contribution in [0.3, 0.4) is 0 Å². The van der Waals surface area contributed by atoms with Crippen molar-refractivity contribution in [3.8, 4) is 11.8 Å². The van der Waals surface area contributed by atoms with Crippen LogP contribution in [-0.4, -0.2) is 18.1 Å². The van der Waals surface area contributed by atoms with Crippen molar-refractivity contribution < 1.29 is 22.7 Å². The second-order valence-electron chi connectivity index (χ2n) is 7.74. The zero-order chi connectivity index (χ0) is 22.6. The third kappa shape index (κ3) is 5.66. The second-order valence-corrected chi connectivity index (χ2v) is 7.74. The van der Waals surface area contributed by atoms with Crippen molar-refractivity contribution in [2.75, 3.05) is 0 Å². The molecule has 0 bridgehead atoms. The Morgan fingerprint density at radius 1 is 1.10 bits per heavy atom. The predicted molar refractivity (Wildman–Crippen MR) is 111 cm³/mol. The van der Waals surface area contributed by atoms with Gasteiger partial charge < -0.3 is 10.1 Å². The van der Waals surface area contributed by atoms with Gasteiger partial charge in [-0.1, -0.05) is 24.3 Å². The van der Waals surface area contributed by atoms with E-state index in [1.54, 1.807) is 18.2 Å². The number of nitrogens with zero attached hydrogens (tertiary/aromatic N) is 1. The molecule has 1 N–H and O–H groups in total. The number of rotatable bonds is 5. The molecule has 0 saturated heterocycles. The Labute approximate surface area is 179 Å². The molecule has 2 aromatic carbocycles. The lowest BCUT2D eigenvalue weighted by Crippen LogP contribution is -2.39. The quantitative estimate of drug-likeness (QED) is 0.662. The van der Waals surface area contributed by atoms with Crippen LogP contribution in [0.4, 0.5) is 13.2 Å². The fourth-order valence-corrected chi connectivity index (χ4v) is 3.62. The summed E-state index contributed by atoms with van der Waals surface area (Å²) in [4.78, 5) is 12.5. The van der Waals surface area contributed by atoms with E-state index in [1.807, 2.05) is 19.1 Å². The number of amides is 1. The minimum absolute atomic E-state index is 0.0140. The van der Waals surface area contributed by atoms with Crippen molar-refractivity contribution in [3.05, 3.63) is 71.3 Å². The van der Waals surface area contributed by atoms with Gasteiger partial charge in [0.1, 0.15) is 5.75 Å². The number of alkyl halides is 3. The molecule has 1 amide bonds. The van der Waals surface area contributed by atoms with Crippen molar-refractivity contribution in [2.24, 2.45) is 0 Å². The van der Waals surface area contributed by atoms with Crippen LogP contribution < -0.4 is 10.1 Å². The average molecular weight is 428 g/mol. The molecular formula is C24H23F3N2O2. The number of nitrogens with one attached hydrogen (secondary N) is 1. The molecule has 3 rings (SSSR count). The molecule has 1 aliphatic rings. The Morgan fingerprint density at radius 3 is 2.26 bits per heavy atom. The maximum absolute atomic E-state index is 13.1. The first-order valence-corrected chi connectivity index (χ1v) is 10.0. The first-order valence-electron chi connectivity index (χ1n) is 10.0. The molecule has 31 heavy (non-hydrogen) atoms. The van der Waals surface area contributed by atoms with Gasteiger partial charge in [-0.05, 0) is 68.5 Å². The Morgan fingerprint density at radius 2 is 1.71 bits per heavy atom. The second kappa shape index (κ2) is 9.25. The molecule has 2 aromatic rings. The number of carbonyl (C=O) groups is 1. The van der Waals surface area contributed by atoms with Crippen LogP contribution in [0.5, 0.6) is 5.75 Å². The van der Waals surface area contributed by atoms with Gasteiger partial charge in [-0.2, -0.15) is 18.4 Å². The molecule has 0 aliphatic heterocycles. The number of carbonyl (C=O) groups excluding carboxylic acids is 1. The summed E-state index contributed by atoms with van der Waals surface area (Å²) in [5, 5.41) is 11.9. The monoisotopic (exact) mass is 428 g/mol. The number of ether oxygens (including phenoxy) is 1. The van der Waals surface area contributed by atoms with Gasteiger partial charge in [-0.15, -0.1) is 0 Å². The molecule has 162 valence electrons. The van der Waals surface area contributed by atoms with Gasteiger partial charge in [-0.25, -0.2) is 0 Å². The highest BCUT2D eigenvalue weighted by Crippen LogP contribution is 2.35. The molecular weight excluding hydrogens is 405 g/mol. The molecule has 0 spiro atoms. The number of halogens is 3. The van der Waals surface area contributed by atoms with Crippen LogP contribution in [0, 0.1) is 11.3 Å². The lowest BCUT2D eigenvalue weighted by atomic mass is 9.92. The fraction of sp³-hybridized carbons (Fsp3) is 0.333. The summed E-state index contributed by atoms with van der Waals surface area (Å²) in [6, 6.07) is 12.2. The van der Waals surface area contributed by atoms with Crippen molar-refractivity contribution in [1.82, 2.24) is 5.32 Å². The highest BCUT2D eigenvalue weighted by molar-refractivity contribution is 5.94. The Kier molecular flexibility index (Phi) is 6.69. The van der Waals surface area contributed by atoms with Crippen LogP contribution in [0.1, 0.15) is 59.7 Å². The van der Waals surface area contributed by atoms with Crippen molar-refractivity contribution in [3.63, 3.8) is 0 Å². The highest BCUT2D eigenvalue weighted by atomic mass is 19.4. The SMILES string of the molecule is C=C(C)c1ccc(C(=O)NC2CCC(Oc3ccc(C#N)c(C(F)(F)F)c3)CC2)cc1. The zero-order valence-corrected chi connectivity index (χ0v) is 17.1. The normalized spacial score (nSPS) is 18.7. The maximum Gasteiger partial charge on any atom is 0.417 e. The number of hydrogen-bond donors (Lipinski definition) is 1. The Hall–Kier alpha value is -3.27. The molecule has 7 heteroatoms. The third-order valence-corrected chi connectivity index (χ3v) is 5.37. The number of hydrogen-bond acceptors (Lipinski definition) is 3. The summed E-state index contributed by atoms with van der Waals surface area (Å²) in [6.07, 6.45) is -2.29. The summed E-state index contributed by atoms with van der Waals surface area (Å²) in [7, 11) is 0. The van der Waals surface area contributed by atoms with E-state index in [-0.39, 0.29) is 23.8 Å². The van der Waals surface area contributed by atoms with Crippen molar-refractivity contribution in [1.29, 1.82) is 5.26 Å².